The van der Waals surface area contributed by atoms with Gasteiger partial charge in [-0.15, -0.1) is 0 Å². The molecule has 0 unspecified atom stereocenters. The largest absolute Gasteiger partial charge is 0.488 e. The predicted octanol–water partition coefficient (Wildman–Crippen LogP) is 2.60. The normalized spacial score (nSPS) is 10.2. The number of nitrogen functional groups attached to an aromatic ring is 1. The van der Waals surface area contributed by atoms with Gasteiger partial charge >= 0.3 is 0 Å². The van der Waals surface area contributed by atoms with Crippen molar-refractivity contribution in [3.05, 3.63) is 58.6 Å². The average Bonchev–Trinajstić information content (AvgIpc) is 2.39. The number of anilines is 1. The Hall–Kier alpha value is -2.20. The zero-order valence-electron chi connectivity index (χ0n) is 10.1. The first-order chi connectivity index (χ1) is 9.06. The number of hydrogen-bond donors (Lipinski definition) is 2. The molecule has 19 heavy (non-hydrogen) atoms. The Morgan fingerprint density at radius 1 is 1.16 bits per heavy atom. The van der Waals surface area contributed by atoms with Crippen LogP contribution in [0.2, 0.25) is 5.02 Å². The molecule has 4 nitrogen and oxygen atoms in total. The Kier molecular flexibility index (Phi) is 3.92. The zero-order chi connectivity index (χ0) is 13.8. The minimum atomic E-state index is -0.571. The van der Waals surface area contributed by atoms with Gasteiger partial charge in [0.15, 0.2) is 0 Å². The Bertz CT molecular complexity index is 597. The van der Waals surface area contributed by atoms with E-state index in [1.54, 1.807) is 24.3 Å². The summed E-state index contributed by atoms with van der Waals surface area (Å²) in [6.45, 7) is 0.321. The molecule has 2 rings (SSSR count). The van der Waals surface area contributed by atoms with E-state index in [0.717, 1.165) is 5.56 Å². The van der Waals surface area contributed by atoms with Crippen LogP contribution in [0, 0.1) is 0 Å². The highest BCUT2D eigenvalue weighted by Crippen LogP contribution is 2.22. The van der Waals surface area contributed by atoms with E-state index >= 15 is 0 Å². The van der Waals surface area contributed by atoms with Gasteiger partial charge in [0.25, 0.3) is 5.91 Å². The highest BCUT2D eigenvalue weighted by Gasteiger charge is 2.10. The highest BCUT2D eigenvalue weighted by atomic mass is 35.5. The van der Waals surface area contributed by atoms with E-state index in [1.165, 1.54) is 6.07 Å². The van der Waals surface area contributed by atoms with Crippen LogP contribution in [-0.4, -0.2) is 5.91 Å². The molecule has 0 aromatic heterocycles. The fourth-order valence-corrected chi connectivity index (χ4v) is 1.73. The third kappa shape index (κ3) is 3.39. The summed E-state index contributed by atoms with van der Waals surface area (Å²) in [5, 5.41) is 0.661. The minimum Gasteiger partial charge on any atom is -0.488 e. The maximum Gasteiger partial charge on any atom is 0.252 e. The molecule has 0 bridgehead atoms. The molecule has 5 heteroatoms. The van der Waals surface area contributed by atoms with Crippen LogP contribution >= 0.6 is 11.6 Å². The van der Waals surface area contributed by atoms with Crippen LogP contribution in [0.15, 0.2) is 42.5 Å². The lowest BCUT2D eigenvalue weighted by molar-refractivity contribution is 0.0996. The number of amides is 1. The highest BCUT2D eigenvalue weighted by molar-refractivity contribution is 6.30. The average molecular weight is 277 g/mol. The van der Waals surface area contributed by atoms with Crippen LogP contribution in [-0.2, 0) is 6.61 Å². The van der Waals surface area contributed by atoms with Crippen molar-refractivity contribution in [3.63, 3.8) is 0 Å². The molecule has 0 radical (unpaired) electrons. The summed E-state index contributed by atoms with van der Waals surface area (Å²) < 4.78 is 5.58. The molecule has 0 atom stereocenters. The van der Waals surface area contributed by atoms with Crippen molar-refractivity contribution < 1.29 is 9.53 Å². The van der Waals surface area contributed by atoms with Gasteiger partial charge < -0.3 is 16.2 Å². The second-order valence-corrected chi connectivity index (χ2v) is 4.47. The number of primary amides is 1. The Balaban J connectivity index is 2.15. The molecule has 0 saturated carbocycles. The maximum atomic E-state index is 11.3. The summed E-state index contributed by atoms with van der Waals surface area (Å²) in [5.74, 6) is -0.157. The SMILES string of the molecule is NC(=O)c1cc(N)ccc1OCc1ccc(Cl)cc1. The number of hydrogen-bond acceptors (Lipinski definition) is 3. The van der Waals surface area contributed by atoms with Crippen LogP contribution in [0.3, 0.4) is 0 Å². The molecular weight excluding hydrogens is 264 g/mol. The van der Waals surface area contributed by atoms with Gasteiger partial charge in [0.2, 0.25) is 0 Å². The van der Waals surface area contributed by atoms with Gasteiger partial charge in [-0.2, -0.15) is 0 Å². The molecule has 0 aliphatic carbocycles. The van der Waals surface area contributed by atoms with Gasteiger partial charge in [0.1, 0.15) is 12.4 Å². The summed E-state index contributed by atoms with van der Waals surface area (Å²) in [6, 6.07) is 12.0. The number of halogens is 1. The van der Waals surface area contributed by atoms with Crippen molar-refractivity contribution in [1.82, 2.24) is 0 Å². The molecule has 0 heterocycles. The zero-order valence-corrected chi connectivity index (χ0v) is 10.9. The summed E-state index contributed by atoms with van der Waals surface area (Å²) in [7, 11) is 0. The number of nitrogens with two attached hydrogens (primary N) is 2. The molecular formula is C14H13ClN2O2. The van der Waals surface area contributed by atoms with Crippen molar-refractivity contribution in [1.29, 1.82) is 0 Å². The van der Waals surface area contributed by atoms with Crippen molar-refractivity contribution in [2.45, 2.75) is 6.61 Å². The van der Waals surface area contributed by atoms with Gasteiger partial charge in [0.05, 0.1) is 5.56 Å². The standard InChI is InChI=1S/C14H13ClN2O2/c15-10-3-1-9(2-4-10)8-19-13-6-5-11(16)7-12(13)14(17)18/h1-7H,8,16H2,(H2,17,18). The van der Waals surface area contributed by atoms with E-state index in [2.05, 4.69) is 0 Å². The monoisotopic (exact) mass is 276 g/mol. The molecule has 0 saturated heterocycles. The Labute approximate surface area is 115 Å². The van der Waals surface area contributed by atoms with E-state index in [4.69, 9.17) is 27.8 Å². The van der Waals surface area contributed by atoms with Crippen molar-refractivity contribution in [2.24, 2.45) is 5.73 Å². The molecule has 98 valence electrons. The van der Waals surface area contributed by atoms with Crippen molar-refractivity contribution in [2.75, 3.05) is 5.73 Å². The van der Waals surface area contributed by atoms with Crippen LogP contribution in [0.1, 0.15) is 15.9 Å². The van der Waals surface area contributed by atoms with Gasteiger partial charge in [0, 0.05) is 10.7 Å². The second-order valence-electron chi connectivity index (χ2n) is 4.03. The summed E-state index contributed by atoms with van der Waals surface area (Å²) in [4.78, 5) is 11.3. The Morgan fingerprint density at radius 3 is 2.47 bits per heavy atom. The van der Waals surface area contributed by atoms with Crippen LogP contribution < -0.4 is 16.2 Å². The molecule has 0 aliphatic heterocycles. The lowest BCUT2D eigenvalue weighted by Crippen LogP contribution is -2.13. The number of carbonyl (C=O) groups excluding carboxylic acids is 1. The van der Waals surface area contributed by atoms with E-state index in [-0.39, 0.29) is 5.56 Å². The third-order valence-corrected chi connectivity index (χ3v) is 2.83. The quantitative estimate of drug-likeness (QED) is 0.843. The summed E-state index contributed by atoms with van der Waals surface area (Å²) >= 11 is 5.80. The van der Waals surface area contributed by atoms with Gasteiger partial charge in [-0.25, -0.2) is 0 Å². The van der Waals surface area contributed by atoms with Crippen LogP contribution in [0.5, 0.6) is 5.75 Å². The molecule has 1 amide bonds. The number of benzene rings is 2. The van der Waals surface area contributed by atoms with E-state index in [9.17, 15) is 4.79 Å². The van der Waals surface area contributed by atoms with Gasteiger partial charge in [-0.05, 0) is 35.9 Å². The second kappa shape index (κ2) is 5.63. The molecule has 4 N–H and O–H groups in total. The van der Waals surface area contributed by atoms with Crippen molar-refractivity contribution in [3.8, 4) is 5.75 Å². The molecule has 2 aromatic rings. The lowest BCUT2D eigenvalue weighted by Gasteiger charge is -2.10. The molecule has 0 spiro atoms. The van der Waals surface area contributed by atoms with Crippen LogP contribution in [0.4, 0.5) is 5.69 Å². The van der Waals surface area contributed by atoms with E-state index < -0.39 is 5.91 Å². The van der Waals surface area contributed by atoms with Crippen molar-refractivity contribution >= 4 is 23.2 Å². The smallest absolute Gasteiger partial charge is 0.252 e. The van der Waals surface area contributed by atoms with Crippen LogP contribution in [0.25, 0.3) is 0 Å². The topological polar surface area (TPSA) is 78.3 Å². The maximum absolute atomic E-state index is 11.3. The fourth-order valence-electron chi connectivity index (χ4n) is 1.61. The summed E-state index contributed by atoms with van der Waals surface area (Å²) in [5.41, 5.74) is 12.6. The number of carbonyl (C=O) groups is 1. The first kappa shape index (κ1) is 13.2. The third-order valence-electron chi connectivity index (χ3n) is 2.58. The minimum absolute atomic E-state index is 0.272. The number of ether oxygens (including phenoxy) is 1. The fraction of sp³-hybridized carbons (Fsp3) is 0.0714. The first-order valence-electron chi connectivity index (χ1n) is 5.63. The predicted molar refractivity (Wildman–Crippen MR) is 75.2 cm³/mol. The van der Waals surface area contributed by atoms with Gasteiger partial charge in [-0.1, -0.05) is 23.7 Å². The molecule has 2 aromatic carbocycles. The molecule has 0 aliphatic rings. The molecule has 0 fully saturated rings. The number of rotatable bonds is 4. The first-order valence-corrected chi connectivity index (χ1v) is 6.00. The van der Waals surface area contributed by atoms with E-state index in [1.807, 2.05) is 12.1 Å². The lowest BCUT2D eigenvalue weighted by atomic mass is 10.1. The summed E-state index contributed by atoms with van der Waals surface area (Å²) in [6.07, 6.45) is 0. The van der Waals surface area contributed by atoms with E-state index in [0.29, 0.717) is 23.1 Å². The van der Waals surface area contributed by atoms with Gasteiger partial charge in [-0.3, -0.25) is 4.79 Å². The Morgan fingerprint density at radius 2 is 1.84 bits per heavy atom.